The van der Waals surface area contributed by atoms with Crippen LogP contribution in [0.1, 0.15) is 17.0 Å². The molecule has 1 N–H and O–H groups in total. The van der Waals surface area contributed by atoms with Crippen LogP contribution in [0.15, 0.2) is 24.3 Å². The van der Waals surface area contributed by atoms with Crippen LogP contribution in [0.3, 0.4) is 0 Å². The fourth-order valence-corrected chi connectivity index (χ4v) is 1.81. The molecule has 5 heteroatoms. The smallest absolute Gasteiger partial charge is 0.175 e. The molecule has 0 radical (unpaired) electrons. The normalized spacial score (nSPS) is 10.8. The molecule has 2 aromatic rings. The maximum Gasteiger partial charge on any atom is 0.175 e. The van der Waals surface area contributed by atoms with Gasteiger partial charge in [-0.25, -0.2) is 0 Å². The zero-order valence-corrected chi connectivity index (χ0v) is 10.9. The molecule has 0 atom stereocenters. The topological polar surface area (TPSA) is 55.6 Å². The summed E-state index contributed by atoms with van der Waals surface area (Å²) in [5.74, 6) is 0.813. The van der Waals surface area contributed by atoms with Crippen LogP contribution >= 0.6 is 0 Å². The summed E-state index contributed by atoms with van der Waals surface area (Å²) in [7, 11) is 1.91. The van der Waals surface area contributed by atoms with Crippen LogP contribution in [0.5, 0.6) is 0 Å². The molecule has 1 aromatic heterocycles. The number of nitrogens with one attached hydrogen (secondary N) is 1. The molecule has 0 spiro atoms. The minimum atomic E-state index is 0.758. The number of hydrogen-bond donors (Lipinski definition) is 1. The van der Waals surface area contributed by atoms with Crippen molar-refractivity contribution in [2.75, 3.05) is 13.6 Å². The lowest BCUT2D eigenvalue weighted by Gasteiger charge is -2.00. The minimum absolute atomic E-state index is 0.758. The monoisotopic (exact) mass is 245 g/mol. The van der Waals surface area contributed by atoms with Gasteiger partial charge in [-0.1, -0.05) is 29.8 Å². The summed E-state index contributed by atoms with van der Waals surface area (Å²) in [5.41, 5.74) is 2.61. The second-order valence-corrected chi connectivity index (χ2v) is 4.39. The Morgan fingerprint density at radius 2 is 2.17 bits per heavy atom. The first-order chi connectivity index (χ1) is 8.78. The van der Waals surface area contributed by atoms with Crippen molar-refractivity contribution in [3.8, 4) is 0 Å². The van der Waals surface area contributed by atoms with Gasteiger partial charge in [0.2, 0.25) is 0 Å². The molecule has 0 aliphatic heterocycles. The van der Waals surface area contributed by atoms with Crippen molar-refractivity contribution in [1.82, 2.24) is 25.5 Å². The molecule has 1 heterocycles. The molecule has 18 heavy (non-hydrogen) atoms. The number of aryl methyl sites for hydroxylation is 3. The lowest BCUT2D eigenvalue weighted by atomic mass is 10.1. The average molecular weight is 245 g/mol. The van der Waals surface area contributed by atoms with E-state index < -0.39 is 0 Å². The SMILES string of the molecule is CNCCn1nnc(CCc2cccc(C)c2)n1. The molecule has 5 nitrogen and oxygen atoms in total. The highest BCUT2D eigenvalue weighted by Gasteiger charge is 2.03. The van der Waals surface area contributed by atoms with E-state index in [1.165, 1.54) is 11.1 Å². The maximum absolute atomic E-state index is 4.34. The van der Waals surface area contributed by atoms with E-state index in [1.807, 2.05) is 7.05 Å². The third kappa shape index (κ3) is 3.63. The highest BCUT2D eigenvalue weighted by molar-refractivity contribution is 5.22. The van der Waals surface area contributed by atoms with Gasteiger partial charge in [-0.3, -0.25) is 0 Å². The maximum atomic E-state index is 4.34. The first-order valence-corrected chi connectivity index (χ1v) is 6.25. The summed E-state index contributed by atoms with van der Waals surface area (Å²) in [6, 6.07) is 8.53. The Morgan fingerprint density at radius 1 is 1.28 bits per heavy atom. The molecule has 0 unspecified atom stereocenters. The van der Waals surface area contributed by atoms with Crippen LogP contribution in [-0.4, -0.2) is 33.8 Å². The van der Waals surface area contributed by atoms with Gasteiger partial charge in [-0.15, -0.1) is 10.2 Å². The number of nitrogens with zero attached hydrogens (tertiary/aromatic N) is 4. The second-order valence-electron chi connectivity index (χ2n) is 4.39. The molecular formula is C13H19N5. The Morgan fingerprint density at radius 3 is 2.94 bits per heavy atom. The van der Waals surface area contributed by atoms with E-state index in [4.69, 9.17) is 0 Å². The average Bonchev–Trinajstić information content (AvgIpc) is 2.82. The Kier molecular flexibility index (Phi) is 4.41. The molecule has 0 aliphatic carbocycles. The fraction of sp³-hybridized carbons (Fsp3) is 0.462. The Bertz CT molecular complexity index is 492. The standard InChI is InChI=1S/C13H19N5/c1-11-4-3-5-12(10-11)6-7-13-15-17-18(16-13)9-8-14-2/h3-5,10,14H,6-9H2,1-2H3. The lowest BCUT2D eigenvalue weighted by Crippen LogP contribution is -2.16. The van der Waals surface area contributed by atoms with Crippen molar-refractivity contribution in [2.45, 2.75) is 26.3 Å². The number of rotatable bonds is 6. The summed E-state index contributed by atoms with van der Waals surface area (Å²) in [6.07, 6.45) is 1.79. The molecule has 0 amide bonds. The van der Waals surface area contributed by atoms with Crippen LogP contribution in [0.2, 0.25) is 0 Å². The molecule has 96 valence electrons. The first kappa shape index (κ1) is 12.7. The fourth-order valence-electron chi connectivity index (χ4n) is 1.81. The summed E-state index contributed by atoms with van der Waals surface area (Å²) in [6.45, 7) is 3.72. The van der Waals surface area contributed by atoms with Gasteiger partial charge in [0.05, 0.1) is 6.54 Å². The second kappa shape index (κ2) is 6.26. The molecular weight excluding hydrogens is 226 g/mol. The highest BCUT2D eigenvalue weighted by atomic mass is 15.6. The quantitative estimate of drug-likeness (QED) is 0.824. The van der Waals surface area contributed by atoms with Crippen LogP contribution in [-0.2, 0) is 19.4 Å². The van der Waals surface area contributed by atoms with Crippen molar-refractivity contribution < 1.29 is 0 Å². The van der Waals surface area contributed by atoms with Gasteiger partial charge in [0, 0.05) is 13.0 Å². The van der Waals surface area contributed by atoms with Gasteiger partial charge in [0.1, 0.15) is 0 Å². The van der Waals surface area contributed by atoms with Gasteiger partial charge in [0.25, 0.3) is 0 Å². The van der Waals surface area contributed by atoms with E-state index >= 15 is 0 Å². The van der Waals surface area contributed by atoms with E-state index in [-0.39, 0.29) is 0 Å². The number of hydrogen-bond acceptors (Lipinski definition) is 4. The van der Waals surface area contributed by atoms with E-state index in [2.05, 4.69) is 51.9 Å². The Balaban J connectivity index is 1.88. The van der Waals surface area contributed by atoms with E-state index in [9.17, 15) is 0 Å². The van der Waals surface area contributed by atoms with Crippen molar-refractivity contribution in [3.63, 3.8) is 0 Å². The zero-order chi connectivity index (χ0) is 12.8. The largest absolute Gasteiger partial charge is 0.318 e. The van der Waals surface area contributed by atoms with Crippen LogP contribution in [0.25, 0.3) is 0 Å². The predicted octanol–water partition coefficient (Wildman–Crippen LogP) is 0.986. The number of tetrazole rings is 1. The van der Waals surface area contributed by atoms with E-state index in [1.54, 1.807) is 4.80 Å². The van der Waals surface area contributed by atoms with Gasteiger partial charge in [-0.2, -0.15) is 4.80 Å². The van der Waals surface area contributed by atoms with Gasteiger partial charge in [-0.05, 0) is 31.2 Å². The van der Waals surface area contributed by atoms with Crippen LogP contribution < -0.4 is 5.32 Å². The summed E-state index contributed by atoms with van der Waals surface area (Å²) >= 11 is 0. The highest BCUT2D eigenvalue weighted by Crippen LogP contribution is 2.06. The van der Waals surface area contributed by atoms with Crippen LogP contribution in [0.4, 0.5) is 0 Å². The molecule has 1 aromatic carbocycles. The third-order valence-electron chi connectivity index (χ3n) is 2.78. The van der Waals surface area contributed by atoms with Gasteiger partial charge >= 0.3 is 0 Å². The van der Waals surface area contributed by atoms with Crippen molar-refractivity contribution in [2.24, 2.45) is 0 Å². The molecule has 0 saturated heterocycles. The number of aromatic nitrogens is 4. The van der Waals surface area contributed by atoms with Crippen molar-refractivity contribution in [1.29, 1.82) is 0 Å². The number of benzene rings is 1. The van der Waals surface area contributed by atoms with E-state index in [0.29, 0.717) is 0 Å². The molecule has 0 bridgehead atoms. The van der Waals surface area contributed by atoms with Crippen LogP contribution in [0, 0.1) is 6.92 Å². The van der Waals surface area contributed by atoms with E-state index in [0.717, 1.165) is 31.8 Å². The molecule has 0 aliphatic rings. The van der Waals surface area contributed by atoms with Crippen molar-refractivity contribution in [3.05, 3.63) is 41.2 Å². The molecule has 2 rings (SSSR count). The Hall–Kier alpha value is -1.75. The molecule has 0 saturated carbocycles. The van der Waals surface area contributed by atoms with Crippen molar-refractivity contribution >= 4 is 0 Å². The lowest BCUT2D eigenvalue weighted by molar-refractivity contribution is 0.505. The zero-order valence-electron chi connectivity index (χ0n) is 10.9. The number of likely N-dealkylation sites (N-methyl/N-ethyl adjacent to an activating group) is 1. The van der Waals surface area contributed by atoms with Gasteiger partial charge < -0.3 is 5.32 Å². The van der Waals surface area contributed by atoms with Gasteiger partial charge in [0.15, 0.2) is 5.82 Å². The minimum Gasteiger partial charge on any atom is -0.318 e. The molecule has 0 fully saturated rings. The summed E-state index contributed by atoms with van der Waals surface area (Å²) < 4.78 is 0. The summed E-state index contributed by atoms with van der Waals surface area (Å²) in [4.78, 5) is 1.64. The summed E-state index contributed by atoms with van der Waals surface area (Å²) in [5, 5.41) is 15.5. The predicted molar refractivity (Wildman–Crippen MR) is 70.3 cm³/mol. The third-order valence-corrected chi connectivity index (χ3v) is 2.78. The first-order valence-electron chi connectivity index (χ1n) is 6.25. The Labute approximate surface area is 107 Å².